The Morgan fingerprint density at radius 3 is 2.78 bits per heavy atom. The van der Waals surface area contributed by atoms with Crippen LogP contribution in [0, 0.1) is 0 Å². The third-order valence-corrected chi connectivity index (χ3v) is 2.70. The van der Waals surface area contributed by atoms with Crippen LogP contribution in [0.25, 0.3) is 0 Å². The smallest absolute Gasteiger partial charge is 0.265 e. The average Bonchev–Trinajstić information content (AvgIpc) is 2.84. The van der Waals surface area contributed by atoms with Gasteiger partial charge in [0.2, 0.25) is 0 Å². The molecule has 1 atom stereocenters. The first-order valence-corrected chi connectivity index (χ1v) is 5.50. The molecule has 0 aliphatic rings. The summed E-state index contributed by atoms with van der Waals surface area (Å²) in [5, 5.41) is 9.53. The summed E-state index contributed by atoms with van der Waals surface area (Å²) in [7, 11) is 0. The molecule has 4 N–H and O–H groups in total. The lowest BCUT2D eigenvalue weighted by Crippen LogP contribution is -2.08. The number of halogens is 2. The number of aromatic amines is 1. The molecule has 1 aromatic carbocycles. The normalized spacial score (nSPS) is 12.7. The van der Waals surface area contributed by atoms with Crippen molar-refractivity contribution in [2.45, 2.75) is 19.4 Å². The number of nitrogen functional groups attached to an aromatic ring is 1. The Morgan fingerprint density at radius 2 is 2.17 bits per heavy atom. The molecule has 18 heavy (non-hydrogen) atoms. The number of anilines is 2. The van der Waals surface area contributed by atoms with Crippen LogP contribution in [0.5, 0.6) is 0 Å². The van der Waals surface area contributed by atoms with Crippen LogP contribution >= 0.6 is 0 Å². The lowest BCUT2D eigenvalue weighted by Gasteiger charge is -2.17. The van der Waals surface area contributed by atoms with E-state index in [1.807, 2.05) is 6.92 Å². The molecule has 1 heterocycles. The van der Waals surface area contributed by atoms with Crippen LogP contribution in [0.3, 0.4) is 0 Å². The molecule has 6 heteroatoms. The minimum atomic E-state index is -2.56. The molecule has 0 bridgehead atoms. The summed E-state index contributed by atoms with van der Waals surface area (Å²) in [5.74, 6) is 0. The highest BCUT2D eigenvalue weighted by Gasteiger charge is 2.15. The van der Waals surface area contributed by atoms with Crippen LogP contribution in [-0.4, -0.2) is 10.2 Å². The van der Waals surface area contributed by atoms with E-state index in [2.05, 4.69) is 15.5 Å². The van der Waals surface area contributed by atoms with Crippen LogP contribution in [0.15, 0.2) is 30.6 Å². The van der Waals surface area contributed by atoms with Gasteiger partial charge >= 0.3 is 0 Å². The zero-order valence-electron chi connectivity index (χ0n) is 9.82. The van der Waals surface area contributed by atoms with Crippen molar-refractivity contribution in [1.29, 1.82) is 0 Å². The third kappa shape index (κ3) is 2.58. The molecule has 0 radical (unpaired) electrons. The first kappa shape index (κ1) is 12.3. The van der Waals surface area contributed by atoms with Crippen molar-refractivity contribution in [3.63, 3.8) is 0 Å². The maximum absolute atomic E-state index is 12.9. The number of aromatic nitrogens is 2. The summed E-state index contributed by atoms with van der Waals surface area (Å²) in [5.41, 5.74) is 7.03. The van der Waals surface area contributed by atoms with Crippen molar-refractivity contribution in [2.24, 2.45) is 0 Å². The van der Waals surface area contributed by atoms with E-state index < -0.39 is 6.43 Å². The Labute approximate surface area is 103 Å². The number of benzene rings is 1. The monoisotopic (exact) mass is 252 g/mol. The fourth-order valence-electron chi connectivity index (χ4n) is 1.71. The SMILES string of the molecule is CC(Nc1ccc(N)cc1C(F)F)c1cn[nH]c1. The molecular formula is C12H14F2N4. The Bertz CT molecular complexity index is 511. The van der Waals surface area contributed by atoms with Gasteiger partial charge in [-0.05, 0) is 25.1 Å². The fraction of sp³-hybridized carbons (Fsp3) is 0.250. The van der Waals surface area contributed by atoms with E-state index in [0.29, 0.717) is 11.4 Å². The van der Waals surface area contributed by atoms with Crippen LogP contribution in [0.1, 0.15) is 30.5 Å². The topological polar surface area (TPSA) is 66.7 Å². The van der Waals surface area contributed by atoms with Gasteiger partial charge < -0.3 is 11.1 Å². The van der Waals surface area contributed by atoms with Gasteiger partial charge in [-0.3, -0.25) is 5.10 Å². The van der Waals surface area contributed by atoms with E-state index in [4.69, 9.17) is 5.73 Å². The molecule has 96 valence electrons. The van der Waals surface area contributed by atoms with Gasteiger partial charge in [-0.15, -0.1) is 0 Å². The molecule has 0 saturated heterocycles. The second kappa shape index (κ2) is 5.03. The lowest BCUT2D eigenvalue weighted by atomic mass is 10.1. The molecule has 0 saturated carbocycles. The second-order valence-corrected chi connectivity index (χ2v) is 4.05. The Balaban J connectivity index is 2.23. The predicted molar refractivity (Wildman–Crippen MR) is 66.4 cm³/mol. The molecule has 1 aromatic heterocycles. The van der Waals surface area contributed by atoms with Gasteiger partial charge in [0.1, 0.15) is 0 Å². The van der Waals surface area contributed by atoms with Gasteiger partial charge in [-0.25, -0.2) is 8.78 Å². The summed E-state index contributed by atoms with van der Waals surface area (Å²) in [4.78, 5) is 0. The number of nitrogens with two attached hydrogens (primary N) is 1. The van der Waals surface area contributed by atoms with Crippen molar-refractivity contribution in [3.8, 4) is 0 Å². The zero-order valence-corrected chi connectivity index (χ0v) is 9.82. The molecular weight excluding hydrogens is 238 g/mol. The number of H-pyrrole nitrogens is 1. The molecule has 2 aromatic rings. The minimum Gasteiger partial charge on any atom is -0.399 e. The number of nitrogens with zero attached hydrogens (tertiary/aromatic N) is 1. The fourth-order valence-corrected chi connectivity index (χ4v) is 1.71. The Morgan fingerprint density at radius 1 is 1.39 bits per heavy atom. The van der Waals surface area contributed by atoms with E-state index in [1.54, 1.807) is 24.5 Å². The van der Waals surface area contributed by atoms with E-state index in [-0.39, 0.29) is 11.6 Å². The number of hydrogen-bond donors (Lipinski definition) is 3. The van der Waals surface area contributed by atoms with E-state index in [0.717, 1.165) is 5.56 Å². The van der Waals surface area contributed by atoms with Gasteiger partial charge in [-0.2, -0.15) is 5.10 Å². The van der Waals surface area contributed by atoms with Crippen molar-refractivity contribution in [1.82, 2.24) is 10.2 Å². The maximum atomic E-state index is 12.9. The van der Waals surface area contributed by atoms with Crippen LogP contribution in [0.2, 0.25) is 0 Å². The van der Waals surface area contributed by atoms with E-state index in [9.17, 15) is 8.78 Å². The molecule has 0 fully saturated rings. The molecule has 0 amide bonds. The Hall–Kier alpha value is -2.11. The average molecular weight is 252 g/mol. The summed E-state index contributed by atoms with van der Waals surface area (Å²) >= 11 is 0. The molecule has 1 unspecified atom stereocenters. The van der Waals surface area contributed by atoms with Gasteiger partial charge in [-0.1, -0.05) is 0 Å². The zero-order chi connectivity index (χ0) is 13.1. The second-order valence-electron chi connectivity index (χ2n) is 4.05. The highest BCUT2D eigenvalue weighted by Crippen LogP contribution is 2.31. The highest BCUT2D eigenvalue weighted by molar-refractivity contribution is 5.59. The van der Waals surface area contributed by atoms with Gasteiger partial charge in [0, 0.05) is 28.7 Å². The van der Waals surface area contributed by atoms with Crippen molar-refractivity contribution < 1.29 is 8.78 Å². The van der Waals surface area contributed by atoms with Crippen molar-refractivity contribution >= 4 is 11.4 Å². The number of alkyl halides is 2. The van der Waals surface area contributed by atoms with Crippen LogP contribution < -0.4 is 11.1 Å². The highest BCUT2D eigenvalue weighted by atomic mass is 19.3. The van der Waals surface area contributed by atoms with Crippen molar-refractivity contribution in [3.05, 3.63) is 41.7 Å². The number of rotatable bonds is 4. The van der Waals surface area contributed by atoms with E-state index >= 15 is 0 Å². The first-order valence-electron chi connectivity index (χ1n) is 5.50. The standard InChI is InChI=1S/C12H14F2N4/c1-7(8-5-16-17-6-8)18-11-3-2-9(15)4-10(11)12(13)14/h2-7,12,18H,15H2,1H3,(H,16,17). The molecule has 0 aliphatic carbocycles. The third-order valence-electron chi connectivity index (χ3n) is 2.70. The molecule has 0 spiro atoms. The van der Waals surface area contributed by atoms with Crippen molar-refractivity contribution in [2.75, 3.05) is 11.1 Å². The predicted octanol–water partition coefficient (Wildman–Crippen LogP) is 3.10. The summed E-state index contributed by atoms with van der Waals surface area (Å²) in [6.07, 6.45) is 0.807. The maximum Gasteiger partial charge on any atom is 0.265 e. The summed E-state index contributed by atoms with van der Waals surface area (Å²) < 4.78 is 25.8. The van der Waals surface area contributed by atoms with E-state index in [1.165, 1.54) is 6.07 Å². The summed E-state index contributed by atoms with van der Waals surface area (Å²) in [6, 6.07) is 4.32. The van der Waals surface area contributed by atoms with Gasteiger partial charge in [0.15, 0.2) is 0 Å². The number of nitrogens with one attached hydrogen (secondary N) is 2. The first-order chi connectivity index (χ1) is 8.58. The lowest BCUT2D eigenvalue weighted by molar-refractivity contribution is 0.152. The van der Waals surface area contributed by atoms with Gasteiger partial charge in [0.25, 0.3) is 6.43 Å². The molecule has 0 aliphatic heterocycles. The Kier molecular flexibility index (Phi) is 3.45. The minimum absolute atomic E-state index is 0.0923. The molecule has 4 nitrogen and oxygen atoms in total. The van der Waals surface area contributed by atoms with Gasteiger partial charge in [0.05, 0.1) is 12.2 Å². The molecule has 2 rings (SSSR count). The largest absolute Gasteiger partial charge is 0.399 e. The quantitative estimate of drug-likeness (QED) is 0.732. The van der Waals surface area contributed by atoms with Crippen LogP contribution in [0.4, 0.5) is 20.2 Å². The summed E-state index contributed by atoms with van der Waals surface area (Å²) in [6.45, 7) is 1.87. The number of hydrogen-bond acceptors (Lipinski definition) is 3. The van der Waals surface area contributed by atoms with Crippen LogP contribution in [-0.2, 0) is 0 Å².